The molecule has 0 bridgehead atoms. The number of carbonyl (C=O) groups excluding carboxylic acids is 1. The van der Waals surface area contributed by atoms with Crippen LogP contribution in [0, 0.1) is 0 Å². The van der Waals surface area contributed by atoms with Gasteiger partial charge in [0.1, 0.15) is 0 Å². The molecule has 1 atom stereocenters. The number of hydrogen-bond donors (Lipinski definition) is 1. The first-order chi connectivity index (χ1) is 13.8. The minimum atomic E-state index is -3.54. The van der Waals surface area contributed by atoms with Crippen LogP contribution in [-0.2, 0) is 14.8 Å². The predicted molar refractivity (Wildman–Crippen MR) is 116 cm³/mol. The SMILES string of the molecule is C[C@@H](C(=O)Nc1cccc(S(=O)(=O)N(C)C)c1)N1CC=C(c2ccccc2)CC1. The second kappa shape index (κ2) is 8.90. The van der Waals surface area contributed by atoms with E-state index in [9.17, 15) is 13.2 Å². The summed E-state index contributed by atoms with van der Waals surface area (Å²) in [6.45, 7) is 3.37. The Kier molecular flexibility index (Phi) is 6.52. The molecular formula is C22H27N3O3S. The van der Waals surface area contributed by atoms with E-state index >= 15 is 0 Å². The number of amides is 1. The zero-order valence-electron chi connectivity index (χ0n) is 17.0. The Morgan fingerprint density at radius 2 is 1.83 bits per heavy atom. The molecule has 2 aromatic carbocycles. The van der Waals surface area contributed by atoms with Crippen LogP contribution in [0.3, 0.4) is 0 Å². The second-order valence-corrected chi connectivity index (χ2v) is 9.47. The Bertz CT molecular complexity index is 1000. The predicted octanol–water partition coefficient (Wildman–Crippen LogP) is 3.05. The normalized spacial score (nSPS) is 16.3. The maximum absolute atomic E-state index is 12.7. The fourth-order valence-corrected chi connectivity index (χ4v) is 4.26. The van der Waals surface area contributed by atoms with E-state index in [1.165, 1.54) is 37.4 Å². The largest absolute Gasteiger partial charge is 0.325 e. The van der Waals surface area contributed by atoms with E-state index in [1.807, 2.05) is 25.1 Å². The van der Waals surface area contributed by atoms with E-state index in [-0.39, 0.29) is 16.8 Å². The molecule has 154 valence electrons. The topological polar surface area (TPSA) is 69.7 Å². The minimum Gasteiger partial charge on any atom is -0.325 e. The first-order valence-electron chi connectivity index (χ1n) is 9.61. The molecule has 3 rings (SSSR count). The molecule has 1 aliphatic rings. The number of benzene rings is 2. The van der Waals surface area contributed by atoms with E-state index < -0.39 is 10.0 Å². The van der Waals surface area contributed by atoms with Crippen LogP contribution in [0.1, 0.15) is 18.9 Å². The molecule has 0 radical (unpaired) electrons. The van der Waals surface area contributed by atoms with Crippen molar-refractivity contribution in [3.05, 3.63) is 66.2 Å². The lowest BCUT2D eigenvalue weighted by Crippen LogP contribution is -2.44. The standard InChI is InChI=1S/C22H27N3O3S/c1-17(25-14-12-19(13-15-25)18-8-5-4-6-9-18)22(26)23-20-10-7-11-21(16-20)29(27,28)24(2)3/h4-12,16-17H,13-15H2,1-3H3,(H,23,26)/t17-/m0/s1. The third kappa shape index (κ3) is 4.93. The molecule has 1 amide bonds. The Labute approximate surface area is 172 Å². The van der Waals surface area contributed by atoms with E-state index in [1.54, 1.807) is 12.1 Å². The average molecular weight is 414 g/mol. The molecule has 29 heavy (non-hydrogen) atoms. The van der Waals surface area contributed by atoms with Gasteiger partial charge in [-0.15, -0.1) is 0 Å². The maximum Gasteiger partial charge on any atom is 0.242 e. The fourth-order valence-electron chi connectivity index (χ4n) is 3.31. The smallest absolute Gasteiger partial charge is 0.242 e. The highest BCUT2D eigenvalue weighted by atomic mass is 32.2. The Morgan fingerprint density at radius 1 is 1.10 bits per heavy atom. The minimum absolute atomic E-state index is 0.152. The molecule has 0 unspecified atom stereocenters. The molecule has 0 spiro atoms. The molecule has 0 saturated heterocycles. The van der Waals surface area contributed by atoms with E-state index in [4.69, 9.17) is 0 Å². The summed E-state index contributed by atoms with van der Waals surface area (Å²) in [5, 5.41) is 2.85. The molecule has 0 aliphatic carbocycles. The van der Waals surface area contributed by atoms with Crippen molar-refractivity contribution in [2.45, 2.75) is 24.3 Å². The number of nitrogens with zero attached hydrogens (tertiary/aromatic N) is 2. The van der Waals surface area contributed by atoms with Gasteiger partial charge in [0.25, 0.3) is 0 Å². The van der Waals surface area contributed by atoms with E-state index in [0.717, 1.165) is 17.3 Å². The molecule has 1 heterocycles. The summed E-state index contributed by atoms with van der Waals surface area (Å²) in [5.41, 5.74) is 3.00. The molecule has 6 nitrogen and oxygen atoms in total. The van der Waals surface area contributed by atoms with Gasteiger partial charge in [-0.25, -0.2) is 12.7 Å². The first kappa shape index (κ1) is 21.2. The van der Waals surface area contributed by atoms with Crippen molar-refractivity contribution >= 4 is 27.2 Å². The summed E-state index contributed by atoms with van der Waals surface area (Å²) in [5.74, 6) is -0.152. The molecular weight excluding hydrogens is 386 g/mol. The van der Waals surface area contributed by atoms with Crippen LogP contribution in [0.15, 0.2) is 65.6 Å². The highest BCUT2D eigenvalue weighted by Gasteiger charge is 2.24. The van der Waals surface area contributed by atoms with Crippen LogP contribution >= 0.6 is 0 Å². The number of nitrogens with one attached hydrogen (secondary N) is 1. The summed E-state index contributed by atoms with van der Waals surface area (Å²) in [4.78, 5) is 15.0. The number of sulfonamides is 1. The van der Waals surface area contributed by atoms with Gasteiger partial charge in [0.15, 0.2) is 0 Å². The van der Waals surface area contributed by atoms with Gasteiger partial charge >= 0.3 is 0 Å². The maximum atomic E-state index is 12.7. The molecule has 0 saturated carbocycles. The van der Waals surface area contributed by atoms with Crippen LogP contribution < -0.4 is 5.32 Å². The third-order valence-corrected chi connectivity index (χ3v) is 7.00. The van der Waals surface area contributed by atoms with E-state index in [2.05, 4.69) is 28.4 Å². The molecule has 0 aromatic heterocycles. The lowest BCUT2D eigenvalue weighted by molar-refractivity contribution is -0.120. The van der Waals surface area contributed by atoms with Gasteiger partial charge in [0.05, 0.1) is 10.9 Å². The second-order valence-electron chi connectivity index (χ2n) is 7.32. The summed E-state index contributed by atoms with van der Waals surface area (Å²) in [6, 6.07) is 16.3. The number of rotatable bonds is 6. The summed E-state index contributed by atoms with van der Waals surface area (Å²) >= 11 is 0. The van der Waals surface area contributed by atoms with Gasteiger partial charge in [0.2, 0.25) is 15.9 Å². The molecule has 1 N–H and O–H groups in total. The van der Waals surface area contributed by atoms with Crippen molar-refractivity contribution in [2.75, 3.05) is 32.5 Å². The van der Waals surface area contributed by atoms with Gasteiger partial charge in [-0.1, -0.05) is 42.5 Å². The monoisotopic (exact) mass is 413 g/mol. The summed E-state index contributed by atoms with van der Waals surface area (Å²) in [6.07, 6.45) is 3.06. The van der Waals surface area contributed by atoms with Gasteiger partial charge in [0, 0.05) is 32.9 Å². The van der Waals surface area contributed by atoms with Crippen LogP contribution in [0.25, 0.3) is 5.57 Å². The Morgan fingerprint density at radius 3 is 2.45 bits per heavy atom. The lowest BCUT2D eigenvalue weighted by atomic mass is 9.99. The van der Waals surface area contributed by atoms with Gasteiger partial charge < -0.3 is 5.32 Å². The van der Waals surface area contributed by atoms with Crippen molar-refractivity contribution in [2.24, 2.45) is 0 Å². The summed E-state index contributed by atoms with van der Waals surface area (Å²) in [7, 11) is -0.580. The molecule has 7 heteroatoms. The van der Waals surface area contributed by atoms with Crippen molar-refractivity contribution in [3.8, 4) is 0 Å². The molecule has 0 fully saturated rings. The van der Waals surface area contributed by atoms with Gasteiger partial charge in [-0.3, -0.25) is 9.69 Å². The quantitative estimate of drug-likeness (QED) is 0.790. The summed E-state index contributed by atoms with van der Waals surface area (Å²) < 4.78 is 25.7. The van der Waals surface area contributed by atoms with Crippen molar-refractivity contribution in [1.29, 1.82) is 0 Å². The lowest BCUT2D eigenvalue weighted by Gasteiger charge is -2.31. The molecule has 1 aliphatic heterocycles. The Balaban J connectivity index is 1.65. The van der Waals surface area contributed by atoms with Crippen molar-refractivity contribution in [1.82, 2.24) is 9.21 Å². The zero-order chi connectivity index (χ0) is 21.0. The first-order valence-corrected chi connectivity index (χ1v) is 11.0. The van der Waals surface area contributed by atoms with Crippen LogP contribution in [-0.4, -0.2) is 56.8 Å². The van der Waals surface area contributed by atoms with Gasteiger partial charge in [-0.2, -0.15) is 0 Å². The number of carbonyl (C=O) groups is 1. The van der Waals surface area contributed by atoms with E-state index in [0.29, 0.717) is 12.2 Å². The molecule has 2 aromatic rings. The average Bonchev–Trinajstić information content (AvgIpc) is 2.74. The highest BCUT2D eigenvalue weighted by molar-refractivity contribution is 7.89. The zero-order valence-corrected chi connectivity index (χ0v) is 17.8. The van der Waals surface area contributed by atoms with Crippen LogP contribution in [0.4, 0.5) is 5.69 Å². The van der Waals surface area contributed by atoms with Crippen LogP contribution in [0.2, 0.25) is 0 Å². The van der Waals surface area contributed by atoms with Crippen molar-refractivity contribution in [3.63, 3.8) is 0 Å². The van der Waals surface area contributed by atoms with Gasteiger partial charge in [-0.05, 0) is 42.7 Å². The van der Waals surface area contributed by atoms with Crippen molar-refractivity contribution < 1.29 is 13.2 Å². The fraction of sp³-hybridized carbons (Fsp3) is 0.318. The highest BCUT2D eigenvalue weighted by Crippen LogP contribution is 2.24. The Hall–Kier alpha value is -2.48. The number of hydrogen-bond acceptors (Lipinski definition) is 4. The number of anilines is 1. The third-order valence-electron chi connectivity index (χ3n) is 5.19. The van der Waals surface area contributed by atoms with Crippen LogP contribution in [0.5, 0.6) is 0 Å².